The zero-order valence-corrected chi connectivity index (χ0v) is 27.5. The van der Waals surface area contributed by atoms with Gasteiger partial charge in [0.15, 0.2) is 11.5 Å². The molecule has 2 aliphatic heterocycles. The van der Waals surface area contributed by atoms with E-state index in [1.165, 1.54) is 31.4 Å². The number of hydrogen-bond donors (Lipinski definition) is 3. The van der Waals surface area contributed by atoms with E-state index in [-0.39, 0.29) is 34.5 Å². The van der Waals surface area contributed by atoms with Crippen molar-refractivity contribution >= 4 is 62.9 Å². The fourth-order valence-electron chi connectivity index (χ4n) is 8.16. The normalized spacial score (nSPS) is 27.8. The Morgan fingerprint density at radius 3 is 2.38 bits per heavy atom. The van der Waals surface area contributed by atoms with Crippen LogP contribution >= 0.6 is 27.5 Å². The molecule has 246 valence electrons. The molecule has 0 spiro atoms. The number of amides is 6. The summed E-state index contributed by atoms with van der Waals surface area (Å²) >= 11 is 9.69. The van der Waals surface area contributed by atoms with Crippen molar-refractivity contribution in [1.29, 1.82) is 0 Å². The quantitative estimate of drug-likeness (QED) is 0.243. The number of urea groups is 1. The number of allylic oxidation sites excluding steroid dienone is 2. The first-order chi connectivity index (χ1) is 22.9. The van der Waals surface area contributed by atoms with Crippen LogP contribution in [0.2, 0.25) is 5.02 Å². The number of primary amides is 1. The first kappa shape index (κ1) is 31.8. The Morgan fingerprint density at radius 1 is 1.04 bits per heavy atom. The van der Waals surface area contributed by atoms with E-state index in [2.05, 4.69) is 21.4 Å². The maximum atomic E-state index is 15.1. The molecule has 2 aliphatic carbocycles. The second-order valence-corrected chi connectivity index (χ2v) is 13.6. The molecule has 0 radical (unpaired) electrons. The number of fused-ring (bicyclic) bond motifs is 4. The number of nitrogens with one attached hydrogen (secondary N) is 1. The number of anilines is 1. The number of hydrazine groups is 1. The van der Waals surface area contributed by atoms with Gasteiger partial charge in [0.25, 0.3) is 11.8 Å². The van der Waals surface area contributed by atoms with Crippen LogP contribution in [0.5, 0.6) is 11.5 Å². The number of carbonyl (C=O) groups is 5. The Kier molecular flexibility index (Phi) is 7.59. The van der Waals surface area contributed by atoms with E-state index in [9.17, 15) is 28.7 Å². The van der Waals surface area contributed by atoms with Crippen molar-refractivity contribution in [3.63, 3.8) is 0 Å². The summed E-state index contributed by atoms with van der Waals surface area (Å²) in [5.41, 5.74) is 8.50. The van der Waals surface area contributed by atoms with E-state index >= 15 is 4.79 Å². The molecule has 6 unspecified atom stereocenters. The van der Waals surface area contributed by atoms with Crippen LogP contribution in [0, 0.1) is 29.5 Å². The van der Waals surface area contributed by atoms with Gasteiger partial charge in [-0.25, -0.2) is 9.18 Å². The van der Waals surface area contributed by atoms with Gasteiger partial charge >= 0.3 is 6.03 Å². The van der Waals surface area contributed by atoms with Crippen LogP contribution in [-0.4, -0.2) is 51.8 Å². The number of carbonyl (C=O) groups excluding carboxylic acids is 5. The van der Waals surface area contributed by atoms with E-state index < -0.39 is 70.5 Å². The summed E-state index contributed by atoms with van der Waals surface area (Å²) < 4.78 is 19.5. The second-order valence-electron chi connectivity index (χ2n) is 12.3. The van der Waals surface area contributed by atoms with E-state index in [4.69, 9.17) is 22.1 Å². The topological polar surface area (TPSA) is 159 Å². The number of rotatable bonds is 5. The van der Waals surface area contributed by atoms with Crippen molar-refractivity contribution in [2.75, 3.05) is 12.5 Å². The highest BCUT2D eigenvalue weighted by Crippen LogP contribution is 2.64. The number of likely N-dealkylation sites (tertiary alicyclic amines) is 1. The molecule has 4 N–H and O–H groups in total. The molecule has 7 rings (SSSR count). The van der Waals surface area contributed by atoms with E-state index in [0.29, 0.717) is 26.6 Å². The van der Waals surface area contributed by atoms with Gasteiger partial charge in [-0.05, 0) is 94.3 Å². The second kappa shape index (κ2) is 11.4. The lowest BCUT2D eigenvalue weighted by Gasteiger charge is -2.50. The summed E-state index contributed by atoms with van der Waals surface area (Å²) in [7, 11) is 1.37. The first-order valence-electron chi connectivity index (χ1n) is 15.0. The maximum absolute atomic E-state index is 15.1. The highest BCUT2D eigenvalue weighted by molar-refractivity contribution is 9.10. The SMILES string of the molecule is COc1cc(C2C3=CCC4C(=O)N(C(N)=O)C(=O)C4C3CC3C(=O)N(Nc4ccc(F)cc4)C(=O)C32c2ccc(Cl)cc2)cc(Br)c1O. The Balaban J connectivity index is 1.49. The summed E-state index contributed by atoms with van der Waals surface area (Å²) in [6, 6.07) is 13.7. The summed E-state index contributed by atoms with van der Waals surface area (Å²) in [5.74, 6) is -8.01. The van der Waals surface area contributed by atoms with Crippen LogP contribution in [0.1, 0.15) is 29.9 Å². The standard InChI is InChI=1S/C34H27BrClFN4O7/c1-48-25-13-15(12-24(35)28(25)42)27-20-10-11-21-26(31(45)40(29(21)43)33(38)47)22(20)14-23-30(44)41(39-19-8-6-18(37)7-9-19)32(46)34(23,27)16-2-4-17(36)5-3-16/h2-10,12-13,21-23,26-27,39,42H,11,14H2,1H3,(H2,38,47). The smallest absolute Gasteiger partial charge is 0.328 e. The van der Waals surface area contributed by atoms with Crippen LogP contribution in [0.4, 0.5) is 14.9 Å². The van der Waals surface area contributed by atoms with Gasteiger partial charge in [-0.2, -0.15) is 9.91 Å². The van der Waals surface area contributed by atoms with Crippen molar-refractivity contribution in [2.24, 2.45) is 29.4 Å². The van der Waals surface area contributed by atoms with Crippen LogP contribution in [-0.2, 0) is 24.6 Å². The molecule has 6 amide bonds. The molecule has 2 heterocycles. The van der Waals surface area contributed by atoms with Gasteiger partial charge in [-0.3, -0.25) is 24.6 Å². The number of nitrogens with two attached hydrogens (primary N) is 1. The third kappa shape index (κ3) is 4.47. The van der Waals surface area contributed by atoms with Crippen LogP contribution in [0.25, 0.3) is 0 Å². The number of imide groups is 4. The molecule has 3 fully saturated rings. The summed E-state index contributed by atoms with van der Waals surface area (Å²) in [4.78, 5) is 69.4. The number of benzene rings is 3. The van der Waals surface area contributed by atoms with Gasteiger partial charge in [0.2, 0.25) is 11.8 Å². The summed E-state index contributed by atoms with van der Waals surface area (Å²) in [6.45, 7) is 0. The van der Waals surface area contributed by atoms with Crippen LogP contribution in [0.15, 0.2) is 76.8 Å². The van der Waals surface area contributed by atoms with Crippen molar-refractivity contribution in [3.05, 3.63) is 98.8 Å². The predicted molar refractivity (Wildman–Crippen MR) is 173 cm³/mol. The lowest BCUT2D eigenvalue weighted by Crippen LogP contribution is -2.53. The third-order valence-electron chi connectivity index (χ3n) is 10.1. The minimum Gasteiger partial charge on any atom is -0.503 e. The van der Waals surface area contributed by atoms with Gasteiger partial charge in [-0.1, -0.05) is 35.4 Å². The zero-order chi connectivity index (χ0) is 34.2. The lowest BCUT2D eigenvalue weighted by atomic mass is 9.49. The highest BCUT2D eigenvalue weighted by atomic mass is 79.9. The molecule has 2 saturated heterocycles. The summed E-state index contributed by atoms with van der Waals surface area (Å²) in [5, 5.41) is 12.1. The summed E-state index contributed by atoms with van der Waals surface area (Å²) in [6.07, 6.45) is 1.86. The van der Waals surface area contributed by atoms with Crippen molar-refractivity contribution in [3.8, 4) is 11.5 Å². The zero-order valence-electron chi connectivity index (χ0n) is 25.2. The number of hydrogen-bond acceptors (Lipinski definition) is 8. The Hall–Kier alpha value is -4.75. The number of halogens is 3. The number of methoxy groups -OCH3 is 1. The number of aromatic hydroxyl groups is 1. The van der Waals surface area contributed by atoms with Gasteiger partial charge in [0.05, 0.1) is 40.4 Å². The van der Waals surface area contributed by atoms with Crippen LogP contribution in [0.3, 0.4) is 0 Å². The Bertz CT molecular complexity index is 1960. The van der Waals surface area contributed by atoms with Crippen molar-refractivity contribution in [2.45, 2.75) is 24.2 Å². The molecule has 14 heteroatoms. The van der Waals surface area contributed by atoms with Gasteiger partial charge in [0.1, 0.15) is 5.82 Å². The van der Waals surface area contributed by atoms with Gasteiger partial charge in [-0.15, -0.1) is 0 Å². The molecule has 11 nitrogen and oxygen atoms in total. The molecular weight excluding hydrogens is 711 g/mol. The highest BCUT2D eigenvalue weighted by Gasteiger charge is 2.70. The number of nitrogens with zero attached hydrogens (tertiary/aromatic N) is 2. The molecule has 6 atom stereocenters. The molecule has 3 aromatic rings. The minimum absolute atomic E-state index is 0.0275. The first-order valence-corrected chi connectivity index (χ1v) is 16.2. The van der Waals surface area contributed by atoms with E-state index in [1.54, 1.807) is 42.5 Å². The molecular formula is C34H27BrClFN4O7. The number of phenols is 1. The fraction of sp³-hybridized carbons (Fsp3) is 0.265. The molecule has 48 heavy (non-hydrogen) atoms. The maximum Gasteiger partial charge on any atom is 0.328 e. The van der Waals surface area contributed by atoms with Crippen LogP contribution < -0.4 is 15.9 Å². The van der Waals surface area contributed by atoms with Crippen molar-refractivity contribution < 1.29 is 38.2 Å². The van der Waals surface area contributed by atoms with E-state index in [1.807, 2.05) is 0 Å². The molecule has 3 aromatic carbocycles. The van der Waals surface area contributed by atoms with Gasteiger partial charge < -0.3 is 15.6 Å². The monoisotopic (exact) mass is 736 g/mol. The average molecular weight is 738 g/mol. The Morgan fingerprint density at radius 2 is 1.73 bits per heavy atom. The molecule has 4 aliphatic rings. The minimum atomic E-state index is -1.64. The number of ether oxygens (including phenoxy) is 1. The fourth-order valence-corrected chi connectivity index (χ4v) is 8.75. The predicted octanol–water partition coefficient (Wildman–Crippen LogP) is 5.02. The average Bonchev–Trinajstić information content (AvgIpc) is 3.44. The third-order valence-corrected chi connectivity index (χ3v) is 10.9. The lowest BCUT2D eigenvalue weighted by molar-refractivity contribution is -0.139. The van der Waals surface area contributed by atoms with Crippen molar-refractivity contribution in [1.82, 2.24) is 9.91 Å². The molecule has 0 bridgehead atoms. The number of phenolic OH excluding ortho intramolecular Hbond substituents is 1. The largest absolute Gasteiger partial charge is 0.503 e. The Labute approximate surface area is 286 Å². The molecule has 1 saturated carbocycles. The van der Waals surface area contributed by atoms with Gasteiger partial charge in [0, 0.05) is 10.9 Å². The van der Waals surface area contributed by atoms with E-state index in [0.717, 1.165) is 5.01 Å². The molecule has 0 aromatic heterocycles.